The third-order valence-corrected chi connectivity index (χ3v) is 12.9. The fraction of sp³-hybridized carbons (Fsp3) is 0.333. The van der Waals surface area contributed by atoms with Crippen molar-refractivity contribution in [1.29, 1.82) is 0 Å². The van der Waals surface area contributed by atoms with Crippen LogP contribution >= 0.6 is 0 Å². The Morgan fingerprint density at radius 1 is 0.853 bits per heavy atom. The number of nitrogens with zero attached hydrogens (tertiary/aromatic N) is 3. The van der Waals surface area contributed by atoms with Gasteiger partial charge in [0.2, 0.25) is 0 Å². The second kappa shape index (κ2) is 19.8. The van der Waals surface area contributed by atoms with Gasteiger partial charge in [0.1, 0.15) is 5.58 Å². The minimum Gasteiger partial charge on any atom is -0.501 e. The number of hydrogen-bond acceptors (Lipinski definition) is 3. The van der Waals surface area contributed by atoms with Crippen molar-refractivity contribution in [1.82, 2.24) is 14.5 Å². The number of aromatic nitrogens is 3. The number of benzene rings is 6. The van der Waals surface area contributed by atoms with Gasteiger partial charge in [-0.2, -0.15) is 0 Å². The number of para-hydroxylation sites is 3. The molecule has 351 valence electrons. The van der Waals surface area contributed by atoms with E-state index < -0.39 is 31.4 Å². The Kier molecular flexibility index (Phi) is 10.6. The quantitative estimate of drug-likeness (QED) is 0.142. The third kappa shape index (κ3) is 10.2. The number of rotatable bonds is 8. The number of hydrogen-bond donors (Lipinski definition) is 0. The summed E-state index contributed by atoms with van der Waals surface area (Å²) in [5, 5.41) is 2.09. The molecule has 0 unspecified atom stereocenters. The molecule has 0 spiro atoms. The number of pyridine rings is 1. The Balaban J connectivity index is 0.000000249. The molecule has 0 saturated heterocycles. The van der Waals surface area contributed by atoms with Gasteiger partial charge in [-0.1, -0.05) is 146 Å². The van der Waals surface area contributed by atoms with Gasteiger partial charge >= 0.3 is 0 Å². The standard InChI is InChI=1S/C45H45N2O.C18H22N.Ir/c1-28(2)37-26-33(31-20-18-30(19-21-31)32-22-24-45(5,6)25-23-32)27-38(29(3)4)42(37)47-40-16-9-8-15-39(40)46-44(47)36-14-11-13-35-34-12-7-10-17-41(34)48-43(35)36;1-13-6-8-15(9-7-13)17-10-14(2)16(12-19-17)11-18(3,4)5;/h7-13,15-21,26-29,32H,22-25H2,1-6H3;6-8,10,12H,11H2,1-5H3;/q2*-1;/i20D,21D,32D;1D3,2D3,11D2;. The molecule has 1 saturated carbocycles. The average molecular weight is 1090 g/mol. The molecule has 3 aromatic heterocycles. The molecule has 1 radical (unpaired) electrons. The molecule has 3 heterocycles. The van der Waals surface area contributed by atoms with E-state index in [1.54, 1.807) is 20.8 Å². The van der Waals surface area contributed by atoms with E-state index in [1.165, 1.54) is 30.5 Å². The summed E-state index contributed by atoms with van der Waals surface area (Å²) in [6.07, 6.45) is 2.81. The van der Waals surface area contributed by atoms with E-state index in [4.69, 9.17) is 20.4 Å². The first-order valence-corrected chi connectivity index (χ1v) is 23.5. The summed E-state index contributed by atoms with van der Waals surface area (Å²) in [7, 11) is 0. The van der Waals surface area contributed by atoms with Crippen molar-refractivity contribution >= 4 is 33.0 Å². The predicted molar refractivity (Wildman–Crippen MR) is 282 cm³/mol. The fourth-order valence-electron chi connectivity index (χ4n) is 9.20. The first-order valence-electron chi connectivity index (χ1n) is 29.0. The van der Waals surface area contributed by atoms with Crippen molar-refractivity contribution in [3.05, 3.63) is 173 Å². The van der Waals surface area contributed by atoms with Crippen LogP contribution in [-0.2, 0) is 26.5 Å². The molecule has 0 aliphatic heterocycles. The van der Waals surface area contributed by atoms with Gasteiger partial charge in [-0.3, -0.25) is 4.98 Å². The van der Waals surface area contributed by atoms with Crippen LogP contribution in [0.3, 0.4) is 0 Å². The van der Waals surface area contributed by atoms with E-state index in [2.05, 4.69) is 106 Å². The van der Waals surface area contributed by atoms with Gasteiger partial charge < -0.3 is 14.0 Å². The zero-order valence-electron chi connectivity index (χ0n) is 51.5. The zero-order chi connectivity index (χ0) is 56.7. The SMILES string of the molecule is [2H]C([2H])([2H])c1c[c-]c(-c2cc(C([2H])([2H])[2H])c(C([2H])([2H])C(C)(C)C)cn2)cc1.[2H]c1cc(C2([2H])CCC(C)(C)CC2)cc([2H])c1-c1cc(C(C)C)c(-n2c(-c3[c-]ccc4c3oc3ccccc34)nc3ccccc32)c(C(C)C)c1.[Ir]. The topological polar surface area (TPSA) is 43.9 Å². The van der Waals surface area contributed by atoms with Crippen LogP contribution in [0.4, 0.5) is 0 Å². The van der Waals surface area contributed by atoms with Gasteiger partial charge in [0, 0.05) is 49.7 Å². The van der Waals surface area contributed by atoms with E-state index in [1.807, 2.05) is 42.5 Å². The van der Waals surface area contributed by atoms with E-state index >= 15 is 0 Å². The molecular formula is C63H67IrN3O-2. The monoisotopic (exact) mass is 1090 g/mol. The second-order valence-corrected chi connectivity index (χ2v) is 20.4. The van der Waals surface area contributed by atoms with Gasteiger partial charge in [-0.15, -0.1) is 53.6 Å². The Hall–Kier alpha value is -5.61. The minimum atomic E-state index is -2.52. The summed E-state index contributed by atoms with van der Waals surface area (Å²) in [5.41, 5.74) is 10.0. The largest absolute Gasteiger partial charge is 0.501 e. The van der Waals surface area contributed by atoms with Gasteiger partial charge in [-0.25, -0.2) is 0 Å². The van der Waals surface area contributed by atoms with Crippen molar-refractivity contribution in [3.63, 3.8) is 0 Å². The summed E-state index contributed by atoms with van der Waals surface area (Å²) >= 11 is 0. The van der Waals surface area contributed by atoms with Gasteiger partial charge in [0.05, 0.1) is 25.2 Å². The Morgan fingerprint density at radius 2 is 1.56 bits per heavy atom. The maximum atomic E-state index is 9.35. The first-order chi connectivity index (χ1) is 36.4. The van der Waals surface area contributed by atoms with Crippen LogP contribution in [0.2, 0.25) is 0 Å². The number of fused-ring (bicyclic) bond motifs is 4. The van der Waals surface area contributed by atoms with Crippen LogP contribution in [0.1, 0.15) is 154 Å². The van der Waals surface area contributed by atoms with Crippen LogP contribution in [0, 0.1) is 36.7 Å². The van der Waals surface area contributed by atoms with Gasteiger partial charge in [0.25, 0.3) is 0 Å². The molecule has 68 heavy (non-hydrogen) atoms. The van der Waals surface area contributed by atoms with E-state index in [-0.39, 0.29) is 54.0 Å². The van der Waals surface area contributed by atoms with Crippen molar-refractivity contribution in [2.24, 2.45) is 10.8 Å². The molecular weight excluding hydrogens is 1010 g/mol. The second-order valence-electron chi connectivity index (χ2n) is 20.4. The Labute approximate surface area is 434 Å². The number of imidazole rings is 1. The zero-order valence-corrected chi connectivity index (χ0v) is 42.9. The first kappa shape index (κ1) is 36.4. The fourth-order valence-corrected chi connectivity index (χ4v) is 9.20. The average Bonchev–Trinajstić information content (AvgIpc) is 3.98. The Bertz CT molecular complexity index is 3650. The molecule has 0 N–H and O–H groups in total. The maximum Gasteiger partial charge on any atom is 0.120 e. The molecule has 0 amide bonds. The van der Waals surface area contributed by atoms with Crippen LogP contribution < -0.4 is 0 Å². The van der Waals surface area contributed by atoms with Crippen LogP contribution in [0.25, 0.3) is 72.4 Å². The van der Waals surface area contributed by atoms with Crippen molar-refractivity contribution < 1.29 is 39.6 Å². The van der Waals surface area contributed by atoms with Crippen molar-refractivity contribution in [3.8, 4) is 39.5 Å². The van der Waals surface area contributed by atoms with Crippen LogP contribution in [-0.4, -0.2) is 14.5 Å². The molecule has 6 aromatic carbocycles. The summed E-state index contributed by atoms with van der Waals surface area (Å²) in [5.74, 6) is 0.263. The van der Waals surface area contributed by atoms with Crippen molar-refractivity contribution in [2.75, 3.05) is 0 Å². The van der Waals surface area contributed by atoms with Gasteiger partial charge in [0.15, 0.2) is 0 Å². The van der Waals surface area contributed by atoms with E-state index in [0.717, 1.165) is 98.0 Å². The molecule has 0 atom stereocenters. The molecule has 5 heteroatoms. The smallest absolute Gasteiger partial charge is 0.120 e. The number of furan rings is 1. The van der Waals surface area contributed by atoms with Crippen LogP contribution in [0.5, 0.6) is 0 Å². The Morgan fingerprint density at radius 3 is 2.22 bits per heavy atom. The molecule has 9 aromatic rings. The summed E-state index contributed by atoms with van der Waals surface area (Å²) < 4.78 is 99.2. The predicted octanol–water partition coefficient (Wildman–Crippen LogP) is 17.7. The molecule has 1 fully saturated rings. The summed E-state index contributed by atoms with van der Waals surface area (Å²) in [6, 6.07) is 41.1. The molecule has 10 rings (SSSR count). The normalized spacial score (nSPS) is 17.5. The van der Waals surface area contributed by atoms with Crippen molar-refractivity contribution in [2.45, 2.75) is 126 Å². The molecule has 0 bridgehead atoms. The third-order valence-electron chi connectivity index (χ3n) is 12.9. The maximum absolute atomic E-state index is 9.35. The summed E-state index contributed by atoms with van der Waals surface area (Å²) in [6.45, 7) is 13.7. The van der Waals surface area contributed by atoms with Crippen LogP contribution in [0.15, 0.2) is 132 Å². The molecule has 1 aliphatic carbocycles. The summed E-state index contributed by atoms with van der Waals surface area (Å²) in [4.78, 5) is 9.49. The minimum absolute atomic E-state index is 0. The van der Waals surface area contributed by atoms with E-state index in [0.29, 0.717) is 28.9 Å². The molecule has 4 nitrogen and oxygen atoms in total. The molecule has 1 aliphatic rings. The number of aryl methyl sites for hydroxylation is 2. The van der Waals surface area contributed by atoms with Gasteiger partial charge in [-0.05, 0) is 137 Å². The van der Waals surface area contributed by atoms with E-state index in [9.17, 15) is 4.11 Å².